The number of nitrogens with two attached hydrogens (primary N) is 1. The second kappa shape index (κ2) is 9.74. The van der Waals surface area contributed by atoms with Gasteiger partial charge < -0.3 is 21.3 Å². The monoisotopic (exact) mass is 547 g/mol. The summed E-state index contributed by atoms with van der Waals surface area (Å²) >= 11 is 0. The molecule has 0 radical (unpaired) electrons. The number of Topliss-reactive ketones (excluding diaryl/α,β-unsaturated/α-hetero) is 4. The largest absolute Gasteiger partial charge is 0.507 e. The summed E-state index contributed by atoms with van der Waals surface area (Å²) in [5, 5.41) is 25.3. The van der Waals surface area contributed by atoms with Crippen molar-refractivity contribution in [3.05, 3.63) is 58.4 Å². The molecule has 0 aliphatic heterocycles. The maximum atomic E-state index is 13.9. The minimum absolute atomic E-state index is 0.00474. The Hall–Kier alpha value is -4.25. The fourth-order valence-corrected chi connectivity index (χ4v) is 6.51. The highest BCUT2D eigenvalue weighted by atomic mass is 16.3. The van der Waals surface area contributed by atoms with Gasteiger partial charge in [-0.15, -0.1) is 0 Å². The highest BCUT2D eigenvalue weighted by Crippen LogP contribution is 2.51. The molecule has 2 unspecified atom stereocenters. The predicted octanol–water partition coefficient (Wildman–Crippen LogP) is 0.775. The van der Waals surface area contributed by atoms with Crippen molar-refractivity contribution in [3.8, 4) is 5.75 Å². The van der Waals surface area contributed by atoms with Crippen molar-refractivity contribution in [1.29, 1.82) is 0 Å². The number of rotatable bonds is 5. The first-order chi connectivity index (χ1) is 18.9. The van der Waals surface area contributed by atoms with Crippen LogP contribution >= 0.6 is 0 Å². The van der Waals surface area contributed by atoms with Gasteiger partial charge in [0.05, 0.1) is 17.0 Å². The summed E-state index contributed by atoms with van der Waals surface area (Å²) in [5.74, 6) is -11.2. The molecule has 208 valence electrons. The highest BCUT2D eigenvalue weighted by Gasteiger charge is 2.66. The summed E-state index contributed by atoms with van der Waals surface area (Å²) in [7, 11) is 0. The number of pyridine rings is 1. The van der Waals surface area contributed by atoms with Crippen molar-refractivity contribution in [1.82, 2.24) is 10.3 Å². The molecule has 40 heavy (non-hydrogen) atoms. The normalized spacial score (nSPS) is 27.6. The van der Waals surface area contributed by atoms with E-state index >= 15 is 0 Å². The Morgan fingerprint density at radius 3 is 2.52 bits per heavy atom. The molecule has 3 aliphatic carbocycles. The summed E-state index contributed by atoms with van der Waals surface area (Å²) in [6.45, 7) is 3.66. The molecule has 11 nitrogen and oxygen atoms in total. The summed E-state index contributed by atoms with van der Waals surface area (Å²) in [4.78, 5) is 81.7. The lowest BCUT2D eigenvalue weighted by atomic mass is 9.53. The predicted molar refractivity (Wildman–Crippen MR) is 138 cm³/mol. The number of phenols is 1. The van der Waals surface area contributed by atoms with Crippen molar-refractivity contribution < 1.29 is 39.0 Å². The lowest BCUT2D eigenvalue weighted by Gasteiger charge is -2.48. The molecule has 1 aromatic carbocycles. The van der Waals surface area contributed by atoms with E-state index < -0.39 is 64.7 Å². The zero-order valence-electron chi connectivity index (χ0n) is 22.0. The molecule has 1 aromatic heterocycles. The number of ketones is 4. The van der Waals surface area contributed by atoms with Crippen LogP contribution in [0.5, 0.6) is 5.75 Å². The van der Waals surface area contributed by atoms with Crippen LogP contribution < -0.4 is 11.1 Å². The number of aromatic hydroxyl groups is 1. The number of nitrogens with one attached hydrogen (secondary N) is 1. The highest BCUT2D eigenvalue weighted by molar-refractivity contribution is 6.31. The lowest BCUT2D eigenvalue weighted by molar-refractivity contribution is -0.175. The van der Waals surface area contributed by atoms with Gasteiger partial charge in [-0.05, 0) is 59.6 Å². The third-order valence-corrected chi connectivity index (χ3v) is 8.51. The Labute approximate surface area is 229 Å². The van der Waals surface area contributed by atoms with E-state index in [1.807, 2.05) is 13.8 Å². The number of benzene rings is 1. The van der Waals surface area contributed by atoms with Crippen molar-refractivity contribution in [2.45, 2.75) is 51.2 Å². The van der Waals surface area contributed by atoms with Gasteiger partial charge in [0, 0.05) is 31.3 Å². The molecule has 5 rings (SSSR count). The number of primary amides is 1. The number of carbonyl (C=O) groups excluding carboxylic acids is 6. The number of phenolic OH excluding ortho intramolecular Hbond substituents is 1. The number of aliphatic hydroxyl groups is 1. The molecule has 2 saturated carbocycles. The van der Waals surface area contributed by atoms with Crippen molar-refractivity contribution in [2.24, 2.45) is 29.4 Å². The second-order valence-corrected chi connectivity index (χ2v) is 11.1. The first kappa shape index (κ1) is 27.3. The first-order valence-corrected chi connectivity index (χ1v) is 13.1. The molecule has 0 bridgehead atoms. The van der Waals surface area contributed by atoms with Gasteiger partial charge in [-0.25, -0.2) is 0 Å². The fourth-order valence-electron chi connectivity index (χ4n) is 6.51. The van der Waals surface area contributed by atoms with Gasteiger partial charge in [0.1, 0.15) is 5.75 Å². The van der Waals surface area contributed by atoms with Crippen LogP contribution in [0.2, 0.25) is 0 Å². The summed E-state index contributed by atoms with van der Waals surface area (Å²) in [5.41, 5.74) is 4.26. The molecule has 5 atom stereocenters. The minimum Gasteiger partial charge on any atom is -0.507 e. The van der Waals surface area contributed by atoms with Crippen LogP contribution in [-0.4, -0.2) is 55.7 Å². The van der Waals surface area contributed by atoms with E-state index in [0.29, 0.717) is 22.3 Å². The summed E-state index contributed by atoms with van der Waals surface area (Å²) < 4.78 is 0. The maximum Gasteiger partial charge on any atom is 0.253 e. The van der Waals surface area contributed by atoms with Crippen LogP contribution in [0.15, 0.2) is 30.6 Å². The Morgan fingerprint density at radius 1 is 1.18 bits per heavy atom. The molecule has 11 heteroatoms. The third kappa shape index (κ3) is 4.03. The number of carbonyl (C=O) groups is 6. The van der Waals surface area contributed by atoms with E-state index in [-0.39, 0.29) is 42.5 Å². The zero-order valence-corrected chi connectivity index (χ0v) is 22.0. The first-order valence-electron chi connectivity index (χ1n) is 13.1. The van der Waals surface area contributed by atoms with Gasteiger partial charge in [0.25, 0.3) is 5.91 Å². The topological polar surface area (TPSA) is 194 Å². The van der Waals surface area contributed by atoms with E-state index in [4.69, 9.17) is 5.73 Å². The van der Waals surface area contributed by atoms with Crippen LogP contribution in [0.1, 0.15) is 70.0 Å². The van der Waals surface area contributed by atoms with Crippen molar-refractivity contribution >= 4 is 34.9 Å². The van der Waals surface area contributed by atoms with E-state index in [0.717, 1.165) is 0 Å². The molecule has 0 saturated heterocycles. The number of aromatic nitrogens is 1. The summed E-state index contributed by atoms with van der Waals surface area (Å²) in [6.07, 6.45) is 2.68. The number of fused-ring (bicyclic) bond motifs is 3. The zero-order chi connectivity index (χ0) is 29.1. The summed E-state index contributed by atoms with van der Waals surface area (Å²) in [6, 6.07) is 4.95. The molecule has 5 N–H and O–H groups in total. The van der Waals surface area contributed by atoms with Gasteiger partial charge in [-0.2, -0.15) is 0 Å². The van der Waals surface area contributed by atoms with Gasteiger partial charge in [0.15, 0.2) is 34.7 Å². The SMILES string of the molecule is CC(C)c1cc(CNC(=O)c2cccnc2)c2c(c1O)C(=O)C1C(=O)[C@]3(O)C(=O)C(C(N)=O)C(=O)C[C@@H]3C[C@@H]1C2. The van der Waals surface area contributed by atoms with Crippen LogP contribution in [0, 0.1) is 23.7 Å². The van der Waals surface area contributed by atoms with E-state index in [2.05, 4.69) is 10.3 Å². The Bertz CT molecular complexity index is 1480. The van der Waals surface area contributed by atoms with Gasteiger partial charge in [-0.3, -0.25) is 33.8 Å². The Balaban J connectivity index is 1.55. The van der Waals surface area contributed by atoms with E-state index in [1.54, 1.807) is 18.2 Å². The lowest BCUT2D eigenvalue weighted by Crippen LogP contribution is -2.68. The molecular formula is C29H29N3O8. The Kier molecular flexibility index (Phi) is 6.65. The molecule has 2 amide bonds. The quantitative estimate of drug-likeness (QED) is 0.391. The molecule has 2 aromatic rings. The number of hydrogen-bond acceptors (Lipinski definition) is 9. The van der Waals surface area contributed by atoms with Gasteiger partial charge >= 0.3 is 0 Å². The average Bonchev–Trinajstić information content (AvgIpc) is 2.90. The van der Waals surface area contributed by atoms with Crippen LogP contribution in [0.4, 0.5) is 0 Å². The molecule has 0 spiro atoms. The maximum absolute atomic E-state index is 13.9. The average molecular weight is 548 g/mol. The van der Waals surface area contributed by atoms with Crippen LogP contribution in [-0.2, 0) is 32.1 Å². The number of nitrogens with zero attached hydrogens (tertiary/aromatic N) is 1. The fraction of sp³-hybridized carbons (Fsp3) is 0.414. The van der Waals surface area contributed by atoms with Crippen LogP contribution in [0.25, 0.3) is 0 Å². The molecule has 1 heterocycles. The molecular weight excluding hydrogens is 518 g/mol. The molecule has 2 fully saturated rings. The van der Waals surface area contributed by atoms with Crippen LogP contribution in [0.3, 0.4) is 0 Å². The van der Waals surface area contributed by atoms with E-state index in [9.17, 15) is 39.0 Å². The van der Waals surface area contributed by atoms with Crippen molar-refractivity contribution in [3.63, 3.8) is 0 Å². The number of hydrogen-bond donors (Lipinski definition) is 4. The van der Waals surface area contributed by atoms with E-state index in [1.165, 1.54) is 12.4 Å². The van der Waals surface area contributed by atoms with Crippen molar-refractivity contribution in [2.75, 3.05) is 0 Å². The molecule has 3 aliphatic rings. The van der Waals surface area contributed by atoms with Gasteiger partial charge in [-0.1, -0.05) is 13.8 Å². The smallest absolute Gasteiger partial charge is 0.253 e. The van der Waals surface area contributed by atoms with Gasteiger partial charge in [0.2, 0.25) is 5.91 Å². The second-order valence-electron chi connectivity index (χ2n) is 11.1. The number of amides is 2. The third-order valence-electron chi connectivity index (χ3n) is 8.51. The Morgan fingerprint density at radius 2 is 1.90 bits per heavy atom. The standard InChI is InChI=1S/C29H29N3O8/c1-12(2)17-8-15(11-32-28(39)13-4-3-5-31-10-13)18-7-14-6-16-9-19(33)22(27(30)38)26(37)29(16,40)25(36)20(14)24(35)21(18)23(17)34/h3-5,8,10,12,14,16,20,22,34,40H,6-7,9,11H2,1-2H3,(H2,30,38)(H,32,39)/t14-,16+,20?,22?,29+/m1/s1. The minimum atomic E-state index is -2.70.